The molecule has 0 atom stereocenters. The van der Waals surface area contributed by atoms with Crippen LogP contribution in [0.3, 0.4) is 0 Å². The predicted octanol–water partition coefficient (Wildman–Crippen LogP) is 3.44. The van der Waals surface area contributed by atoms with E-state index >= 15 is 0 Å². The maximum absolute atomic E-state index is 13.1. The third-order valence-electron chi connectivity index (χ3n) is 3.74. The van der Waals surface area contributed by atoms with Crippen molar-refractivity contribution in [1.29, 1.82) is 0 Å². The number of nitrogens with one attached hydrogen (secondary N) is 1. The third kappa shape index (κ3) is 3.02. The highest BCUT2D eigenvalue weighted by Gasteiger charge is 2.39. The zero-order valence-electron chi connectivity index (χ0n) is 11.3. The van der Waals surface area contributed by atoms with Gasteiger partial charge in [0.25, 0.3) is 0 Å². The lowest BCUT2D eigenvalue weighted by atomic mass is 9.77. The van der Waals surface area contributed by atoms with Crippen molar-refractivity contribution in [3.63, 3.8) is 0 Å². The summed E-state index contributed by atoms with van der Waals surface area (Å²) >= 11 is 0. The Labute approximate surface area is 109 Å². The van der Waals surface area contributed by atoms with Crippen LogP contribution in [0.4, 0.5) is 4.39 Å². The van der Waals surface area contributed by atoms with Crippen LogP contribution in [0.1, 0.15) is 38.2 Å². The average Bonchev–Trinajstić information content (AvgIpc) is 2.29. The topological polar surface area (TPSA) is 21.3 Å². The molecule has 2 rings (SSSR count). The summed E-state index contributed by atoms with van der Waals surface area (Å²) in [5, 5.41) is 3.34. The van der Waals surface area contributed by atoms with Crippen LogP contribution >= 0.6 is 0 Å². The monoisotopic (exact) mass is 251 g/mol. The van der Waals surface area contributed by atoms with Gasteiger partial charge in [-0.15, -0.1) is 0 Å². The van der Waals surface area contributed by atoms with E-state index in [1.807, 2.05) is 6.92 Å². The van der Waals surface area contributed by atoms with Crippen molar-refractivity contribution < 1.29 is 9.13 Å². The number of halogens is 1. The molecule has 1 fully saturated rings. The third-order valence-corrected chi connectivity index (χ3v) is 3.74. The molecule has 18 heavy (non-hydrogen) atoms. The lowest BCUT2D eigenvalue weighted by molar-refractivity contribution is -0.0147. The Hall–Kier alpha value is -1.09. The minimum Gasteiger partial charge on any atom is -0.487 e. The van der Waals surface area contributed by atoms with E-state index in [0.717, 1.165) is 43.7 Å². The van der Waals surface area contributed by atoms with E-state index in [-0.39, 0.29) is 11.4 Å². The quantitative estimate of drug-likeness (QED) is 0.782. The van der Waals surface area contributed by atoms with Crippen LogP contribution < -0.4 is 10.1 Å². The summed E-state index contributed by atoms with van der Waals surface area (Å²) in [7, 11) is 0. The summed E-state index contributed by atoms with van der Waals surface area (Å²) in [6.07, 6.45) is 4.47. The van der Waals surface area contributed by atoms with Crippen LogP contribution in [0, 0.1) is 12.7 Å². The number of ether oxygens (including phenoxy) is 1. The fourth-order valence-corrected chi connectivity index (χ4v) is 2.43. The standard InChI is InChI=1S/C15H22FNO/c1-3-17-10-9-15(7-4-8-15)18-14-6-5-13(16)11-12(14)2/h5-6,11,17H,3-4,7-10H2,1-2H3. The van der Waals surface area contributed by atoms with Crippen molar-refractivity contribution in [2.45, 2.75) is 45.1 Å². The maximum atomic E-state index is 13.1. The minimum atomic E-state index is -0.199. The second-order valence-corrected chi connectivity index (χ2v) is 5.15. The van der Waals surface area contributed by atoms with Gasteiger partial charge in [-0.05, 0) is 69.5 Å². The van der Waals surface area contributed by atoms with E-state index < -0.39 is 0 Å². The first-order valence-electron chi connectivity index (χ1n) is 6.81. The lowest BCUT2D eigenvalue weighted by Crippen LogP contribution is -2.45. The Bertz CT molecular complexity index is 401. The van der Waals surface area contributed by atoms with E-state index in [4.69, 9.17) is 4.74 Å². The number of hydrogen-bond acceptors (Lipinski definition) is 2. The Morgan fingerprint density at radius 3 is 2.72 bits per heavy atom. The molecule has 0 amide bonds. The van der Waals surface area contributed by atoms with Crippen LogP contribution in [-0.4, -0.2) is 18.7 Å². The van der Waals surface area contributed by atoms with E-state index in [0.29, 0.717) is 0 Å². The number of benzene rings is 1. The smallest absolute Gasteiger partial charge is 0.123 e. The molecule has 0 aromatic heterocycles. The molecule has 0 unspecified atom stereocenters. The molecule has 0 saturated heterocycles. The Morgan fingerprint density at radius 1 is 1.39 bits per heavy atom. The predicted molar refractivity (Wildman–Crippen MR) is 71.5 cm³/mol. The average molecular weight is 251 g/mol. The molecule has 100 valence electrons. The van der Waals surface area contributed by atoms with Crippen LogP contribution in [0.2, 0.25) is 0 Å². The van der Waals surface area contributed by atoms with E-state index in [1.54, 1.807) is 6.07 Å². The molecule has 0 aliphatic heterocycles. The van der Waals surface area contributed by atoms with Gasteiger partial charge in [-0.1, -0.05) is 6.92 Å². The number of aryl methyl sites for hydroxylation is 1. The van der Waals surface area contributed by atoms with Crippen LogP contribution in [-0.2, 0) is 0 Å². The highest BCUT2D eigenvalue weighted by atomic mass is 19.1. The normalized spacial score (nSPS) is 17.3. The molecule has 1 N–H and O–H groups in total. The molecule has 2 nitrogen and oxygen atoms in total. The molecular weight excluding hydrogens is 229 g/mol. The SMILES string of the molecule is CCNCCC1(Oc2ccc(F)cc2C)CCC1. The molecule has 0 spiro atoms. The fraction of sp³-hybridized carbons (Fsp3) is 0.600. The molecule has 1 saturated carbocycles. The fourth-order valence-electron chi connectivity index (χ4n) is 2.43. The minimum absolute atomic E-state index is 0.0231. The molecule has 3 heteroatoms. The Morgan fingerprint density at radius 2 is 2.17 bits per heavy atom. The molecular formula is C15H22FNO. The first kappa shape index (κ1) is 13.3. The van der Waals surface area contributed by atoms with Gasteiger partial charge < -0.3 is 10.1 Å². The van der Waals surface area contributed by atoms with E-state index in [2.05, 4.69) is 12.2 Å². The molecule has 1 aliphatic carbocycles. The molecule has 1 aromatic carbocycles. The van der Waals surface area contributed by atoms with Crippen molar-refractivity contribution in [3.8, 4) is 5.75 Å². The van der Waals surface area contributed by atoms with Gasteiger partial charge in [-0.3, -0.25) is 0 Å². The van der Waals surface area contributed by atoms with Gasteiger partial charge in [0.05, 0.1) is 0 Å². The Balaban J connectivity index is 2.01. The number of hydrogen-bond donors (Lipinski definition) is 1. The van der Waals surface area contributed by atoms with Crippen LogP contribution in [0.5, 0.6) is 5.75 Å². The largest absolute Gasteiger partial charge is 0.487 e. The van der Waals surface area contributed by atoms with Crippen LogP contribution in [0.15, 0.2) is 18.2 Å². The van der Waals surface area contributed by atoms with Gasteiger partial charge in [-0.2, -0.15) is 0 Å². The molecule has 1 aromatic rings. The summed E-state index contributed by atoms with van der Waals surface area (Å²) in [5.41, 5.74) is 0.856. The molecule has 0 heterocycles. The molecule has 0 bridgehead atoms. The maximum Gasteiger partial charge on any atom is 0.123 e. The first-order chi connectivity index (χ1) is 8.65. The summed E-state index contributed by atoms with van der Waals surface area (Å²) in [4.78, 5) is 0. The van der Waals surface area contributed by atoms with Gasteiger partial charge in [0, 0.05) is 0 Å². The molecule has 1 aliphatic rings. The van der Waals surface area contributed by atoms with Gasteiger partial charge in [0.2, 0.25) is 0 Å². The summed E-state index contributed by atoms with van der Waals surface area (Å²) < 4.78 is 19.2. The van der Waals surface area contributed by atoms with Gasteiger partial charge in [-0.25, -0.2) is 4.39 Å². The zero-order chi connectivity index (χ0) is 13.0. The van der Waals surface area contributed by atoms with Gasteiger partial charge in [0.15, 0.2) is 0 Å². The summed E-state index contributed by atoms with van der Waals surface area (Å²) in [6.45, 7) is 5.98. The van der Waals surface area contributed by atoms with Crippen molar-refractivity contribution in [2.24, 2.45) is 0 Å². The van der Waals surface area contributed by atoms with Crippen molar-refractivity contribution >= 4 is 0 Å². The van der Waals surface area contributed by atoms with E-state index in [9.17, 15) is 4.39 Å². The van der Waals surface area contributed by atoms with Crippen molar-refractivity contribution in [2.75, 3.05) is 13.1 Å². The first-order valence-corrected chi connectivity index (χ1v) is 6.81. The Kier molecular flexibility index (Phi) is 4.23. The summed E-state index contributed by atoms with van der Waals surface area (Å²) in [5.74, 6) is 0.628. The number of rotatable bonds is 6. The second kappa shape index (κ2) is 5.70. The van der Waals surface area contributed by atoms with Crippen molar-refractivity contribution in [1.82, 2.24) is 5.32 Å². The summed E-state index contributed by atoms with van der Waals surface area (Å²) in [6, 6.07) is 4.75. The highest BCUT2D eigenvalue weighted by molar-refractivity contribution is 5.33. The highest BCUT2D eigenvalue weighted by Crippen LogP contribution is 2.40. The zero-order valence-corrected chi connectivity index (χ0v) is 11.3. The van der Waals surface area contributed by atoms with Gasteiger partial charge >= 0.3 is 0 Å². The lowest BCUT2D eigenvalue weighted by Gasteiger charge is -2.42. The van der Waals surface area contributed by atoms with E-state index in [1.165, 1.54) is 18.6 Å². The van der Waals surface area contributed by atoms with Gasteiger partial charge in [0.1, 0.15) is 17.2 Å². The van der Waals surface area contributed by atoms with Crippen LogP contribution in [0.25, 0.3) is 0 Å². The molecule has 0 radical (unpaired) electrons. The van der Waals surface area contributed by atoms with Crippen molar-refractivity contribution in [3.05, 3.63) is 29.6 Å². The second-order valence-electron chi connectivity index (χ2n) is 5.15.